The van der Waals surface area contributed by atoms with Gasteiger partial charge in [0, 0.05) is 19.1 Å². The first-order valence-corrected chi connectivity index (χ1v) is 10.8. The van der Waals surface area contributed by atoms with Crippen molar-refractivity contribution in [3.8, 4) is 0 Å². The number of urea groups is 1. The van der Waals surface area contributed by atoms with Crippen LogP contribution in [0.1, 0.15) is 45.2 Å². The standard InChI is InChI=1S/C19H30N2O3S/c1-5-21(17-11-13-25(23,24)14-17)18(22)20-12-10-15-6-8-16(9-7-15)19(2,3)4/h6-9,17H,5,10-14H2,1-4H3,(H,20,22). The Bertz CT molecular complexity index is 690. The van der Waals surface area contributed by atoms with Gasteiger partial charge in [0.1, 0.15) is 0 Å². The van der Waals surface area contributed by atoms with Crippen molar-refractivity contribution in [3.63, 3.8) is 0 Å². The zero-order chi connectivity index (χ0) is 18.7. The molecule has 5 nitrogen and oxygen atoms in total. The Hall–Kier alpha value is -1.56. The summed E-state index contributed by atoms with van der Waals surface area (Å²) in [5, 5.41) is 2.92. The van der Waals surface area contributed by atoms with E-state index in [1.165, 1.54) is 11.1 Å². The van der Waals surface area contributed by atoms with Gasteiger partial charge >= 0.3 is 6.03 Å². The molecular formula is C19H30N2O3S. The summed E-state index contributed by atoms with van der Waals surface area (Å²) in [5.41, 5.74) is 2.61. The first-order valence-electron chi connectivity index (χ1n) is 8.96. The van der Waals surface area contributed by atoms with E-state index >= 15 is 0 Å². The fourth-order valence-corrected chi connectivity index (χ4v) is 4.91. The fourth-order valence-electron chi connectivity index (χ4n) is 3.18. The second kappa shape index (κ2) is 7.77. The molecular weight excluding hydrogens is 336 g/mol. The minimum absolute atomic E-state index is 0.0858. The van der Waals surface area contributed by atoms with Crippen LogP contribution in [0, 0.1) is 0 Å². The molecule has 1 N–H and O–H groups in total. The molecule has 2 amide bonds. The third kappa shape index (κ3) is 5.46. The van der Waals surface area contributed by atoms with Crippen molar-refractivity contribution in [1.82, 2.24) is 10.2 Å². The highest BCUT2D eigenvalue weighted by Crippen LogP contribution is 2.22. The van der Waals surface area contributed by atoms with Crippen molar-refractivity contribution < 1.29 is 13.2 Å². The van der Waals surface area contributed by atoms with Crippen LogP contribution in [-0.4, -0.2) is 50.0 Å². The van der Waals surface area contributed by atoms with Gasteiger partial charge in [-0.1, -0.05) is 45.0 Å². The van der Waals surface area contributed by atoms with E-state index in [2.05, 4.69) is 50.4 Å². The Balaban J connectivity index is 1.85. The smallest absolute Gasteiger partial charge is 0.317 e. The molecule has 0 aromatic heterocycles. The minimum Gasteiger partial charge on any atom is -0.338 e. The van der Waals surface area contributed by atoms with Gasteiger partial charge in [-0.05, 0) is 36.3 Å². The fraction of sp³-hybridized carbons (Fsp3) is 0.632. The lowest BCUT2D eigenvalue weighted by atomic mass is 9.86. The predicted molar refractivity (Wildman–Crippen MR) is 102 cm³/mol. The summed E-state index contributed by atoms with van der Waals surface area (Å²) in [5.74, 6) is 0.268. The second-order valence-electron chi connectivity index (χ2n) is 7.77. The predicted octanol–water partition coefficient (Wildman–Crippen LogP) is 2.75. The van der Waals surface area contributed by atoms with Crippen LogP contribution in [0.2, 0.25) is 0 Å². The summed E-state index contributed by atoms with van der Waals surface area (Å²) in [6.45, 7) is 9.51. The lowest BCUT2D eigenvalue weighted by Crippen LogP contribution is -2.47. The van der Waals surface area contributed by atoms with Gasteiger partial charge in [-0.25, -0.2) is 13.2 Å². The number of amides is 2. The van der Waals surface area contributed by atoms with Crippen molar-refractivity contribution >= 4 is 15.9 Å². The summed E-state index contributed by atoms with van der Waals surface area (Å²) < 4.78 is 23.2. The van der Waals surface area contributed by atoms with Crippen molar-refractivity contribution in [2.45, 2.75) is 52.0 Å². The Morgan fingerprint density at radius 3 is 2.36 bits per heavy atom. The molecule has 1 fully saturated rings. The number of carbonyl (C=O) groups is 1. The SMILES string of the molecule is CCN(C(=O)NCCc1ccc(C(C)(C)C)cc1)C1CCS(=O)(=O)C1. The van der Waals surface area contributed by atoms with Crippen LogP contribution in [0.15, 0.2) is 24.3 Å². The van der Waals surface area contributed by atoms with Gasteiger partial charge in [0.15, 0.2) is 9.84 Å². The Morgan fingerprint density at radius 1 is 1.24 bits per heavy atom. The van der Waals surface area contributed by atoms with Gasteiger partial charge in [0.05, 0.1) is 11.5 Å². The number of benzene rings is 1. The average molecular weight is 367 g/mol. The van der Waals surface area contributed by atoms with E-state index in [-0.39, 0.29) is 29.0 Å². The van der Waals surface area contributed by atoms with Gasteiger partial charge in [-0.15, -0.1) is 0 Å². The van der Waals surface area contributed by atoms with Crippen molar-refractivity contribution in [2.24, 2.45) is 0 Å². The molecule has 1 heterocycles. The van der Waals surface area contributed by atoms with Gasteiger partial charge in [0.2, 0.25) is 0 Å². The van der Waals surface area contributed by atoms with Crippen LogP contribution < -0.4 is 5.32 Å². The Labute approximate surface area is 151 Å². The number of carbonyl (C=O) groups excluding carboxylic acids is 1. The molecule has 2 rings (SSSR count). The quantitative estimate of drug-likeness (QED) is 0.871. The number of nitrogens with one attached hydrogen (secondary N) is 1. The molecule has 0 bridgehead atoms. The maximum absolute atomic E-state index is 12.4. The maximum Gasteiger partial charge on any atom is 0.317 e. The molecule has 1 aliphatic rings. The highest BCUT2D eigenvalue weighted by Gasteiger charge is 2.33. The van der Waals surface area contributed by atoms with E-state index in [1.807, 2.05) is 6.92 Å². The van der Waals surface area contributed by atoms with E-state index in [4.69, 9.17) is 0 Å². The average Bonchev–Trinajstić information content (AvgIpc) is 2.87. The molecule has 1 aliphatic heterocycles. The molecule has 1 aromatic carbocycles. The first kappa shape index (κ1) is 19.8. The van der Waals surface area contributed by atoms with E-state index in [1.54, 1.807) is 4.90 Å². The van der Waals surface area contributed by atoms with Crippen LogP contribution >= 0.6 is 0 Å². The zero-order valence-electron chi connectivity index (χ0n) is 15.7. The highest BCUT2D eigenvalue weighted by atomic mass is 32.2. The molecule has 25 heavy (non-hydrogen) atoms. The minimum atomic E-state index is -2.99. The van der Waals surface area contributed by atoms with Crippen molar-refractivity contribution in [1.29, 1.82) is 0 Å². The van der Waals surface area contributed by atoms with Crippen LogP contribution in [0.5, 0.6) is 0 Å². The summed E-state index contributed by atoms with van der Waals surface area (Å²) in [7, 11) is -2.99. The number of hydrogen-bond acceptors (Lipinski definition) is 3. The lowest BCUT2D eigenvalue weighted by Gasteiger charge is -2.27. The second-order valence-corrected chi connectivity index (χ2v) is 10.0. The maximum atomic E-state index is 12.4. The van der Waals surface area contributed by atoms with Crippen LogP contribution in [0.4, 0.5) is 4.79 Å². The summed E-state index contributed by atoms with van der Waals surface area (Å²) >= 11 is 0. The number of sulfone groups is 1. The molecule has 0 spiro atoms. The molecule has 0 saturated carbocycles. The molecule has 0 radical (unpaired) electrons. The topological polar surface area (TPSA) is 66.5 Å². The van der Waals surface area contributed by atoms with Crippen LogP contribution in [-0.2, 0) is 21.7 Å². The summed E-state index contributed by atoms with van der Waals surface area (Å²) in [6, 6.07) is 8.12. The van der Waals surface area contributed by atoms with E-state index in [0.29, 0.717) is 19.5 Å². The summed E-state index contributed by atoms with van der Waals surface area (Å²) in [6.07, 6.45) is 1.30. The van der Waals surface area contributed by atoms with Gasteiger partial charge in [-0.2, -0.15) is 0 Å². The normalized spacial score (nSPS) is 19.6. The monoisotopic (exact) mass is 366 g/mol. The van der Waals surface area contributed by atoms with Crippen LogP contribution in [0.3, 0.4) is 0 Å². The first-order chi connectivity index (χ1) is 11.6. The van der Waals surface area contributed by atoms with Gasteiger partial charge in [0.25, 0.3) is 0 Å². The molecule has 1 saturated heterocycles. The lowest BCUT2D eigenvalue weighted by molar-refractivity contribution is 0.184. The third-order valence-corrected chi connectivity index (χ3v) is 6.51. The largest absolute Gasteiger partial charge is 0.338 e. The zero-order valence-corrected chi connectivity index (χ0v) is 16.5. The van der Waals surface area contributed by atoms with Gasteiger partial charge < -0.3 is 10.2 Å². The molecule has 1 aromatic rings. The van der Waals surface area contributed by atoms with E-state index < -0.39 is 9.84 Å². The number of hydrogen-bond donors (Lipinski definition) is 1. The molecule has 6 heteroatoms. The van der Waals surface area contributed by atoms with Gasteiger partial charge in [-0.3, -0.25) is 0 Å². The molecule has 1 unspecified atom stereocenters. The van der Waals surface area contributed by atoms with Crippen molar-refractivity contribution in [3.05, 3.63) is 35.4 Å². The van der Waals surface area contributed by atoms with Crippen LogP contribution in [0.25, 0.3) is 0 Å². The number of rotatable bonds is 5. The van der Waals surface area contributed by atoms with E-state index in [9.17, 15) is 13.2 Å². The molecule has 0 aliphatic carbocycles. The Kier molecular flexibility index (Phi) is 6.14. The summed E-state index contributed by atoms with van der Waals surface area (Å²) in [4.78, 5) is 14.0. The number of nitrogens with zero attached hydrogens (tertiary/aromatic N) is 1. The highest BCUT2D eigenvalue weighted by molar-refractivity contribution is 7.91. The molecule has 1 atom stereocenters. The van der Waals surface area contributed by atoms with E-state index in [0.717, 1.165) is 6.42 Å². The Morgan fingerprint density at radius 2 is 1.88 bits per heavy atom. The molecule has 140 valence electrons. The van der Waals surface area contributed by atoms with Crippen molar-refractivity contribution in [2.75, 3.05) is 24.6 Å². The third-order valence-electron chi connectivity index (χ3n) is 4.76.